The van der Waals surface area contributed by atoms with Gasteiger partial charge < -0.3 is 10.4 Å². The molecule has 0 aliphatic heterocycles. The average molecular weight is 310 g/mol. The lowest BCUT2D eigenvalue weighted by molar-refractivity contribution is -0.136. The summed E-state index contributed by atoms with van der Waals surface area (Å²) in [6.45, 7) is 0. The van der Waals surface area contributed by atoms with E-state index in [4.69, 9.17) is 5.11 Å². The predicted molar refractivity (Wildman–Crippen MR) is 73.0 cm³/mol. The van der Waals surface area contributed by atoms with Crippen LogP contribution in [0.2, 0.25) is 0 Å². The SMILES string of the molecule is CNC(=O)c1ccc(Sc2nc(CC(=O)O)cs2)nn1. The smallest absolute Gasteiger partial charge is 0.309 e. The minimum Gasteiger partial charge on any atom is -0.481 e. The fraction of sp³-hybridized carbons (Fsp3) is 0.182. The van der Waals surface area contributed by atoms with E-state index in [2.05, 4.69) is 20.5 Å². The van der Waals surface area contributed by atoms with E-state index < -0.39 is 5.97 Å². The van der Waals surface area contributed by atoms with Crippen LogP contribution in [0.1, 0.15) is 16.2 Å². The van der Waals surface area contributed by atoms with Crippen LogP contribution in [-0.4, -0.2) is 39.2 Å². The maximum absolute atomic E-state index is 11.3. The van der Waals surface area contributed by atoms with E-state index in [1.165, 1.54) is 30.1 Å². The van der Waals surface area contributed by atoms with Gasteiger partial charge in [-0.1, -0.05) is 0 Å². The van der Waals surface area contributed by atoms with Crippen molar-refractivity contribution in [2.75, 3.05) is 7.05 Å². The third-order valence-corrected chi connectivity index (χ3v) is 4.07. The van der Waals surface area contributed by atoms with Crippen molar-refractivity contribution in [2.24, 2.45) is 0 Å². The van der Waals surface area contributed by atoms with E-state index in [0.717, 1.165) is 0 Å². The molecule has 2 aromatic rings. The Morgan fingerprint density at radius 3 is 2.80 bits per heavy atom. The van der Waals surface area contributed by atoms with Crippen molar-refractivity contribution in [3.8, 4) is 0 Å². The second kappa shape index (κ2) is 6.44. The number of hydrogen-bond acceptors (Lipinski definition) is 7. The maximum atomic E-state index is 11.3. The van der Waals surface area contributed by atoms with Crippen LogP contribution in [0.25, 0.3) is 0 Å². The van der Waals surface area contributed by atoms with Crippen LogP contribution in [0.15, 0.2) is 26.9 Å². The molecule has 0 atom stereocenters. The van der Waals surface area contributed by atoms with Crippen LogP contribution in [-0.2, 0) is 11.2 Å². The number of thiazole rings is 1. The zero-order valence-corrected chi connectivity index (χ0v) is 12.0. The Morgan fingerprint density at radius 2 is 2.20 bits per heavy atom. The summed E-state index contributed by atoms with van der Waals surface area (Å²) in [6, 6.07) is 3.24. The van der Waals surface area contributed by atoms with Crippen LogP contribution in [0.4, 0.5) is 0 Å². The lowest BCUT2D eigenvalue weighted by atomic mass is 10.3. The van der Waals surface area contributed by atoms with E-state index in [1.54, 1.807) is 17.5 Å². The highest BCUT2D eigenvalue weighted by atomic mass is 32.2. The molecule has 2 rings (SSSR count). The Bertz CT molecular complexity index is 627. The second-order valence-electron chi connectivity index (χ2n) is 3.61. The van der Waals surface area contributed by atoms with Gasteiger partial charge in [-0.2, -0.15) is 0 Å². The second-order valence-corrected chi connectivity index (χ2v) is 5.74. The summed E-state index contributed by atoms with van der Waals surface area (Å²) in [6.07, 6.45) is -0.0989. The number of nitrogens with zero attached hydrogens (tertiary/aromatic N) is 3. The first-order valence-corrected chi connectivity index (χ1v) is 7.18. The molecule has 0 aromatic carbocycles. The topological polar surface area (TPSA) is 105 Å². The number of aliphatic carboxylic acids is 1. The molecule has 2 aromatic heterocycles. The Balaban J connectivity index is 2.04. The Hall–Kier alpha value is -2.00. The van der Waals surface area contributed by atoms with Gasteiger partial charge in [-0.15, -0.1) is 21.5 Å². The van der Waals surface area contributed by atoms with Gasteiger partial charge in [0.15, 0.2) is 10.0 Å². The summed E-state index contributed by atoms with van der Waals surface area (Å²) in [4.78, 5) is 26.0. The molecule has 0 unspecified atom stereocenters. The van der Waals surface area contributed by atoms with Crippen molar-refractivity contribution in [3.63, 3.8) is 0 Å². The Morgan fingerprint density at radius 1 is 1.40 bits per heavy atom. The molecule has 0 radical (unpaired) electrons. The molecule has 2 heterocycles. The van der Waals surface area contributed by atoms with Crippen molar-refractivity contribution >= 4 is 35.0 Å². The van der Waals surface area contributed by atoms with Crippen LogP contribution in [0, 0.1) is 0 Å². The van der Waals surface area contributed by atoms with Gasteiger partial charge in [0.1, 0.15) is 5.03 Å². The number of nitrogens with one attached hydrogen (secondary N) is 1. The zero-order chi connectivity index (χ0) is 14.5. The number of amides is 1. The maximum Gasteiger partial charge on any atom is 0.309 e. The van der Waals surface area contributed by atoms with Crippen molar-refractivity contribution < 1.29 is 14.7 Å². The van der Waals surface area contributed by atoms with Gasteiger partial charge >= 0.3 is 5.97 Å². The van der Waals surface area contributed by atoms with Gasteiger partial charge in [0, 0.05) is 12.4 Å². The summed E-state index contributed by atoms with van der Waals surface area (Å²) >= 11 is 2.62. The predicted octanol–water partition coefficient (Wildman–Crippen LogP) is 1.07. The van der Waals surface area contributed by atoms with Gasteiger partial charge in [-0.25, -0.2) is 4.98 Å². The molecular weight excluding hydrogens is 300 g/mol. The number of carboxylic acid groups (broad SMARTS) is 1. The Kier molecular flexibility index (Phi) is 4.64. The molecule has 0 spiro atoms. The van der Waals surface area contributed by atoms with Gasteiger partial charge in [0.25, 0.3) is 5.91 Å². The largest absolute Gasteiger partial charge is 0.481 e. The third-order valence-electron chi connectivity index (χ3n) is 2.15. The first-order valence-electron chi connectivity index (χ1n) is 5.48. The minimum absolute atomic E-state index is 0.0989. The Labute approximate surface area is 122 Å². The summed E-state index contributed by atoms with van der Waals surface area (Å²) in [5.41, 5.74) is 0.752. The van der Waals surface area contributed by atoms with Crippen molar-refractivity contribution in [3.05, 3.63) is 28.9 Å². The quantitative estimate of drug-likeness (QED) is 0.851. The monoisotopic (exact) mass is 310 g/mol. The molecule has 0 saturated heterocycles. The van der Waals surface area contributed by atoms with Crippen molar-refractivity contribution in [1.29, 1.82) is 0 Å². The van der Waals surface area contributed by atoms with Gasteiger partial charge in [-0.3, -0.25) is 9.59 Å². The van der Waals surface area contributed by atoms with Crippen molar-refractivity contribution in [1.82, 2.24) is 20.5 Å². The molecule has 0 saturated carbocycles. The highest BCUT2D eigenvalue weighted by molar-refractivity contribution is 8.00. The first-order chi connectivity index (χ1) is 9.58. The van der Waals surface area contributed by atoms with E-state index in [9.17, 15) is 9.59 Å². The summed E-state index contributed by atoms with van der Waals surface area (Å²) in [5.74, 6) is -1.21. The number of carboxylic acids is 1. The first kappa shape index (κ1) is 14.4. The van der Waals surface area contributed by atoms with E-state index in [0.29, 0.717) is 15.1 Å². The summed E-state index contributed by atoms with van der Waals surface area (Å²) in [5, 5.41) is 21.1. The van der Waals surface area contributed by atoms with Crippen LogP contribution in [0.3, 0.4) is 0 Å². The molecule has 0 aliphatic rings. The molecule has 9 heteroatoms. The number of hydrogen-bond donors (Lipinski definition) is 2. The number of carbonyl (C=O) groups is 2. The molecular formula is C11H10N4O3S2. The molecule has 20 heavy (non-hydrogen) atoms. The molecule has 0 fully saturated rings. The molecule has 2 N–H and O–H groups in total. The third kappa shape index (κ3) is 3.75. The lowest BCUT2D eigenvalue weighted by Crippen LogP contribution is -2.19. The molecule has 0 bridgehead atoms. The number of rotatable bonds is 5. The fourth-order valence-electron chi connectivity index (χ4n) is 1.28. The number of carbonyl (C=O) groups excluding carboxylic acids is 1. The van der Waals surface area contributed by atoms with Crippen LogP contribution < -0.4 is 5.32 Å². The van der Waals surface area contributed by atoms with Crippen LogP contribution >= 0.6 is 23.1 Å². The van der Waals surface area contributed by atoms with Gasteiger partial charge in [-0.05, 0) is 23.9 Å². The molecule has 0 aliphatic carbocycles. The summed E-state index contributed by atoms with van der Waals surface area (Å²) < 4.78 is 0.684. The van der Waals surface area contributed by atoms with Gasteiger partial charge in [0.2, 0.25) is 0 Å². The zero-order valence-electron chi connectivity index (χ0n) is 10.4. The summed E-state index contributed by atoms with van der Waals surface area (Å²) in [7, 11) is 1.52. The fourth-order valence-corrected chi connectivity index (χ4v) is 2.98. The lowest BCUT2D eigenvalue weighted by Gasteiger charge is -1.99. The minimum atomic E-state index is -0.915. The van der Waals surface area contributed by atoms with E-state index >= 15 is 0 Å². The standard InChI is InChI=1S/C11H10N4O3S2/c1-12-10(18)7-2-3-8(15-14-7)20-11-13-6(5-19-11)4-9(16)17/h2-3,5H,4H2,1H3,(H,12,18)(H,16,17). The molecule has 104 valence electrons. The molecule has 1 amide bonds. The van der Waals surface area contributed by atoms with E-state index in [-0.39, 0.29) is 18.0 Å². The highest BCUT2D eigenvalue weighted by Crippen LogP contribution is 2.28. The molecule has 7 nitrogen and oxygen atoms in total. The highest BCUT2D eigenvalue weighted by Gasteiger charge is 2.10. The number of aromatic nitrogens is 3. The van der Waals surface area contributed by atoms with Gasteiger partial charge in [0.05, 0.1) is 12.1 Å². The average Bonchev–Trinajstić information content (AvgIpc) is 2.85. The van der Waals surface area contributed by atoms with E-state index in [1.807, 2.05) is 0 Å². The van der Waals surface area contributed by atoms with Crippen LogP contribution in [0.5, 0.6) is 0 Å². The van der Waals surface area contributed by atoms with Crippen molar-refractivity contribution in [2.45, 2.75) is 15.8 Å². The normalized spacial score (nSPS) is 10.2.